The lowest BCUT2D eigenvalue weighted by atomic mass is 10.5. The fraction of sp³-hybridized carbons (Fsp3) is 0.375. The Kier molecular flexibility index (Phi) is 4.90. The SMILES string of the molecule is COC(=O)c1sccc1S(=O)(=O)NOCC(F)(F)F. The molecular formula is C8H8F3NO5S2. The summed E-state index contributed by atoms with van der Waals surface area (Å²) in [4.78, 5) is 15.6. The number of hydrogen-bond donors (Lipinski definition) is 1. The van der Waals surface area contributed by atoms with Crippen LogP contribution in [0.5, 0.6) is 0 Å². The van der Waals surface area contributed by atoms with E-state index in [0.717, 1.165) is 24.5 Å². The van der Waals surface area contributed by atoms with Crippen LogP contribution in [0.25, 0.3) is 0 Å². The molecule has 0 fully saturated rings. The van der Waals surface area contributed by atoms with Crippen molar-refractivity contribution in [3.8, 4) is 0 Å². The highest BCUT2D eigenvalue weighted by Crippen LogP contribution is 2.23. The van der Waals surface area contributed by atoms with Crippen LogP contribution in [0.4, 0.5) is 13.2 Å². The molecule has 0 unspecified atom stereocenters. The van der Waals surface area contributed by atoms with E-state index in [2.05, 4.69) is 9.57 Å². The maximum Gasteiger partial charge on any atom is 0.413 e. The zero-order valence-corrected chi connectivity index (χ0v) is 11.0. The van der Waals surface area contributed by atoms with Crippen LogP contribution in [0.1, 0.15) is 9.67 Å². The quantitative estimate of drug-likeness (QED) is 0.653. The van der Waals surface area contributed by atoms with Crippen molar-refractivity contribution in [2.45, 2.75) is 11.1 Å². The fourth-order valence-electron chi connectivity index (χ4n) is 0.984. The number of halogens is 3. The minimum Gasteiger partial charge on any atom is -0.465 e. The minimum atomic E-state index is -4.68. The van der Waals surface area contributed by atoms with Gasteiger partial charge in [0.15, 0.2) is 6.61 Å². The van der Waals surface area contributed by atoms with Gasteiger partial charge in [0.2, 0.25) is 0 Å². The standard InChI is InChI=1S/C8H8F3NO5S2/c1-16-7(13)6-5(2-3-18-6)19(14,15)12-17-4-8(9,10)11/h2-3,12H,4H2,1H3. The fourth-order valence-corrected chi connectivity index (χ4v) is 3.13. The van der Waals surface area contributed by atoms with E-state index in [0.29, 0.717) is 0 Å². The Bertz CT molecular complexity index is 551. The monoisotopic (exact) mass is 319 g/mol. The Balaban J connectivity index is 2.84. The van der Waals surface area contributed by atoms with Crippen LogP contribution >= 0.6 is 11.3 Å². The topological polar surface area (TPSA) is 81.7 Å². The number of methoxy groups -OCH3 is 1. The van der Waals surface area contributed by atoms with Gasteiger partial charge in [-0.1, -0.05) is 4.89 Å². The van der Waals surface area contributed by atoms with Crippen LogP contribution in [-0.2, 0) is 19.6 Å². The molecule has 19 heavy (non-hydrogen) atoms. The van der Waals surface area contributed by atoms with Crippen molar-refractivity contribution < 1.29 is 36.0 Å². The van der Waals surface area contributed by atoms with Crippen LogP contribution < -0.4 is 4.89 Å². The van der Waals surface area contributed by atoms with Crippen LogP contribution in [0.3, 0.4) is 0 Å². The molecule has 0 radical (unpaired) electrons. The zero-order chi connectivity index (χ0) is 14.7. The molecule has 1 heterocycles. The van der Waals surface area contributed by atoms with Gasteiger partial charge in [0.25, 0.3) is 10.0 Å². The molecule has 1 aromatic rings. The number of sulfonamides is 1. The molecule has 0 amide bonds. The van der Waals surface area contributed by atoms with Crippen molar-refractivity contribution >= 4 is 27.3 Å². The van der Waals surface area contributed by atoms with Gasteiger partial charge in [0.1, 0.15) is 9.77 Å². The molecule has 0 atom stereocenters. The first-order valence-electron chi connectivity index (χ1n) is 4.53. The number of thiophene rings is 1. The van der Waals surface area contributed by atoms with Crippen LogP contribution in [-0.4, -0.2) is 34.3 Å². The van der Waals surface area contributed by atoms with E-state index in [1.807, 2.05) is 0 Å². The summed E-state index contributed by atoms with van der Waals surface area (Å²) in [6.45, 7) is -1.79. The summed E-state index contributed by atoms with van der Waals surface area (Å²) in [5.74, 6) is -0.911. The Morgan fingerprint density at radius 1 is 1.47 bits per heavy atom. The molecule has 0 aromatic carbocycles. The number of ether oxygens (including phenoxy) is 1. The predicted molar refractivity (Wildman–Crippen MR) is 58.0 cm³/mol. The highest BCUT2D eigenvalue weighted by Gasteiger charge is 2.30. The maximum absolute atomic E-state index is 11.8. The summed E-state index contributed by atoms with van der Waals surface area (Å²) in [7, 11) is -3.34. The molecule has 0 spiro atoms. The van der Waals surface area contributed by atoms with E-state index in [1.165, 1.54) is 10.3 Å². The highest BCUT2D eigenvalue weighted by atomic mass is 32.2. The van der Waals surface area contributed by atoms with Crippen LogP contribution in [0.15, 0.2) is 16.3 Å². The second kappa shape index (κ2) is 5.86. The molecule has 0 aliphatic rings. The molecule has 0 aliphatic carbocycles. The summed E-state index contributed by atoms with van der Waals surface area (Å²) in [5.41, 5.74) is 0. The minimum absolute atomic E-state index is 0.259. The van der Waals surface area contributed by atoms with E-state index in [9.17, 15) is 26.4 Å². The van der Waals surface area contributed by atoms with E-state index in [1.54, 1.807) is 0 Å². The second-order valence-corrected chi connectivity index (χ2v) is 5.63. The molecule has 0 saturated carbocycles. The molecule has 1 rings (SSSR count). The summed E-state index contributed by atoms with van der Waals surface area (Å²) in [5, 5.41) is 1.28. The van der Waals surface area contributed by atoms with E-state index < -0.39 is 33.7 Å². The summed E-state index contributed by atoms with van der Waals surface area (Å²) in [6, 6.07) is 1.05. The average molecular weight is 319 g/mol. The summed E-state index contributed by atoms with van der Waals surface area (Å²) < 4.78 is 63.0. The van der Waals surface area contributed by atoms with Crippen molar-refractivity contribution in [1.29, 1.82) is 0 Å². The third-order valence-corrected chi connectivity index (χ3v) is 3.97. The first kappa shape index (κ1) is 15.9. The lowest BCUT2D eigenvalue weighted by Gasteiger charge is -2.09. The van der Waals surface area contributed by atoms with E-state index in [4.69, 9.17) is 0 Å². The molecule has 1 N–H and O–H groups in total. The number of alkyl halides is 3. The van der Waals surface area contributed by atoms with Gasteiger partial charge >= 0.3 is 12.1 Å². The molecular weight excluding hydrogens is 311 g/mol. The lowest BCUT2D eigenvalue weighted by Crippen LogP contribution is -2.30. The zero-order valence-electron chi connectivity index (χ0n) is 9.35. The second-order valence-electron chi connectivity index (χ2n) is 3.10. The van der Waals surface area contributed by atoms with E-state index in [-0.39, 0.29) is 4.88 Å². The maximum atomic E-state index is 11.8. The van der Waals surface area contributed by atoms with E-state index >= 15 is 0 Å². The molecule has 0 aliphatic heterocycles. The Labute approximate surface area is 110 Å². The largest absolute Gasteiger partial charge is 0.465 e. The van der Waals surface area contributed by atoms with Gasteiger partial charge in [-0.25, -0.2) is 13.2 Å². The van der Waals surface area contributed by atoms with Gasteiger partial charge in [0.05, 0.1) is 7.11 Å². The van der Waals surface area contributed by atoms with Gasteiger partial charge < -0.3 is 4.74 Å². The molecule has 108 valence electrons. The smallest absolute Gasteiger partial charge is 0.413 e. The molecule has 0 saturated heterocycles. The molecule has 11 heteroatoms. The van der Waals surface area contributed by atoms with Gasteiger partial charge in [-0.05, 0) is 11.4 Å². The van der Waals surface area contributed by atoms with Crippen molar-refractivity contribution in [2.75, 3.05) is 13.7 Å². The van der Waals surface area contributed by atoms with Crippen molar-refractivity contribution in [3.63, 3.8) is 0 Å². The van der Waals surface area contributed by atoms with Crippen LogP contribution in [0, 0.1) is 0 Å². The molecule has 0 bridgehead atoms. The lowest BCUT2D eigenvalue weighted by molar-refractivity contribution is -0.181. The number of nitrogens with one attached hydrogen (secondary N) is 1. The third-order valence-electron chi connectivity index (χ3n) is 1.69. The number of carbonyl (C=O) groups excluding carboxylic acids is 1. The molecule has 6 nitrogen and oxygen atoms in total. The van der Waals surface area contributed by atoms with Crippen molar-refractivity contribution in [1.82, 2.24) is 4.89 Å². The number of carbonyl (C=O) groups is 1. The molecule has 1 aromatic heterocycles. The Morgan fingerprint density at radius 3 is 2.63 bits per heavy atom. The first-order valence-corrected chi connectivity index (χ1v) is 6.90. The Morgan fingerprint density at radius 2 is 2.11 bits per heavy atom. The van der Waals surface area contributed by atoms with Crippen molar-refractivity contribution in [2.24, 2.45) is 0 Å². The van der Waals surface area contributed by atoms with Gasteiger partial charge in [0, 0.05) is 0 Å². The van der Waals surface area contributed by atoms with Gasteiger partial charge in [-0.3, -0.25) is 4.84 Å². The number of hydrogen-bond acceptors (Lipinski definition) is 6. The third kappa shape index (κ3) is 4.45. The van der Waals surface area contributed by atoms with Crippen molar-refractivity contribution in [3.05, 3.63) is 16.3 Å². The summed E-state index contributed by atoms with van der Waals surface area (Å²) >= 11 is 0.777. The Hall–Kier alpha value is -1.17. The summed E-state index contributed by atoms with van der Waals surface area (Å²) in [6.07, 6.45) is -4.68. The average Bonchev–Trinajstić information content (AvgIpc) is 2.75. The number of rotatable bonds is 5. The predicted octanol–water partition coefficient (Wildman–Crippen LogP) is 1.31. The van der Waals surface area contributed by atoms with Crippen LogP contribution in [0.2, 0.25) is 0 Å². The first-order chi connectivity index (χ1) is 8.67. The normalized spacial score (nSPS) is 12.4. The number of esters is 1. The van der Waals surface area contributed by atoms with Gasteiger partial charge in [-0.2, -0.15) is 13.2 Å². The van der Waals surface area contributed by atoms with Gasteiger partial charge in [-0.15, -0.1) is 11.3 Å². The highest BCUT2D eigenvalue weighted by molar-refractivity contribution is 7.89.